The molecule has 8 heteroatoms. The summed E-state index contributed by atoms with van der Waals surface area (Å²) in [5.74, 6) is 2.89. The number of imidazole rings is 1. The summed E-state index contributed by atoms with van der Waals surface area (Å²) in [7, 11) is 0. The van der Waals surface area contributed by atoms with Crippen LogP contribution < -0.4 is 4.74 Å². The number of benzene rings is 3. The Kier molecular flexibility index (Phi) is 9.00. The third-order valence-electron chi connectivity index (χ3n) is 10.2. The normalized spacial score (nSPS) is 12.7. The summed E-state index contributed by atoms with van der Waals surface area (Å²) < 4.78 is 17.1. The van der Waals surface area contributed by atoms with E-state index in [1.54, 1.807) is 0 Å². The van der Waals surface area contributed by atoms with Crippen LogP contribution in [0.1, 0.15) is 95.9 Å². The first-order chi connectivity index (χ1) is 24.9. The molecule has 278 valence electrons. The first kappa shape index (κ1) is 37.6. The van der Waals surface area contributed by atoms with Crippen molar-refractivity contribution in [2.45, 2.75) is 99.3 Å². The molecule has 5 heterocycles. The number of rotatable bonds is 4. The maximum atomic E-state index is 6.72. The molecule has 5 aromatic heterocycles. The van der Waals surface area contributed by atoms with Crippen LogP contribution in [-0.4, -0.2) is 24.1 Å². The molecule has 0 atom stereocenters. The van der Waals surface area contributed by atoms with Crippen LogP contribution in [0.3, 0.4) is 0 Å². The molecule has 0 unspecified atom stereocenters. The second-order valence-electron chi connectivity index (χ2n) is 17.6. The average molecular weight is 897 g/mol. The topological polar surface area (TPSA) is 70.4 Å². The number of pyridine rings is 2. The number of hydrogen-bond acceptors (Lipinski definition) is 5. The zero-order valence-corrected chi connectivity index (χ0v) is 35.5. The smallest absolute Gasteiger partial charge is 0.503 e. The average Bonchev–Trinajstić information content (AvgIpc) is 3.70. The maximum Gasteiger partial charge on any atom is 2.00 e. The fourth-order valence-electron chi connectivity index (χ4n) is 7.46. The van der Waals surface area contributed by atoms with Gasteiger partial charge < -0.3 is 18.8 Å². The summed E-state index contributed by atoms with van der Waals surface area (Å²) in [6, 6.07) is 26.4. The van der Waals surface area contributed by atoms with Crippen LogP contribution >= 0.6 is 0 Å². The Morgan fingerprint density at radius 3 is 2.15 bits per heavy atom. The second kappa shape index (κ2) is 12.9. The number of nitrogens with zero attached hydrogens (tertiary/aromatic N) is 5. The van der Waals surface area contributed by atoms with Crippen molar-refractivity contribution in [3.63, 3.8) is 0 Å². The van der Waals surface area contributed by atoms with Gasteiger partial charge in [0.25, 0.3) is 0 Å². The summed E-state index contributed by atoms with van der Waals surface area (Å²) in [5.41, 5.74) is 11.3. The van der Waals surface area contributed by atoms with E-state index in [-0.39, 0.29) is 37.3 Å². The predicted molar refractivity (Wildman–Crippen MR) is 215 cm³/mol. The Morgan fingerprint density at radius 1 is 0.722 bits per heavy atom. The van der Waals surface area contributed by atoms with Crippen molar-refractivity contribution in [3.05, 3.63) is 113 Å². The number of aromatic nitrogens is 5. The maximum absolute atomic E-state index is 6.72. The molecule has 54 heavy (non-hydrogen) atoms. The Morgan fingerprint density at radius 2 is 1.46 bits per heavy atom. The van der Waals surface area contributed by atoms with Crippen LogP contribution in [0.25, 0.3) is 55.6 Å². The fraction of sp³-hybridized carbons (Fsp3) is 0.326. The summed E-state index contributed by atoms with van der Waals surface area (Å²) in [6.45, 7) is 26.1. The van der Waals surface area contributed by atoms with Crippen LogP contribution in [-0.2, 0) is 37.3 Å². The minimum Gasteiger partial charge on any atom is -0.503 e. The SMILES string of the molecule is Cc1ccnc(-n2c3[c-]c(Oc4[c-]c(-c5ncc(C)c6c5nc5c(C(C)(C)C)c(C)on56)cc(C(C)(C)C)c4)ccc3c3cc(C(C)(C)C)ccc32)c1.[Pt+2]. The van der Waals surface area contributed by atoms with Gasteiger partial charge in [0.15, 0.2) is 5.65 Å². The monoisotopic (exact) mass is 896 g/mol. The van der Waals surface area contributed by atoms with E-state index in [1.807, 2.05) is 42.9 Å². The van der Waals surface area contributed by atoms with Gasteiger partial charge in [-0.25, -0.2) is 9.97 Å². The van der Waals surface area contributed by atoms with Crippen LogP contribution in [0.5, 0.6) is 11.5 Å². The molecular weight excluding hydrogens is 850 g/mol. The molecule has 0 bridgehead atoms. The van der Waals surface area contributed by atoms with Crippen molar-refractivity contribution >= 4 is 38.5 Å². The van der Waals surface area contributed by atoms with Gasteiger partial charge in [0.05, 0.1) is 5.52 Å². The largest absolute Gasteiger partial charge is 2.00 e. The van der Waals surface area contributed by atoms with Crippen molar-refractivity contribution in [2.75, 3.05) is 0 Å². The molecule has 0 aliphatic heterocycles. The van der Waals surface area contributed by atoms with Gasteiger partial charge in [0, 0.05) is 40.7 Å². The van der Waals surface area contributed by atoms with Gasteiger partial charge in [-0.05, 0) is 77.3 Å². The molecule has 0 aliphatic carbocycles. The fourth-order valence-corrected chi connectivity index (χ4v) is 7.46. The third-order valence-corrected chi connectivity index (χ3v) is 10.2. The van der Waals surface area contributed by atoms with Crippen molar-refractivity contribution < 1.29 is 30.3 Å². The zero-order chi connectivity index (χ0) is 37.8. The van der Waals surface area contributed by atoms with E-state index < -0.39 is 0 Å². The van der Waals surface area contributed by atoms with E-state index in [9.17, 15) is 0 Å². The molecule has 0 aliphatic rings. The van der Waals surface area contributed by atoms with E-state index in [1.165, 1.54) is 5.56 Å². The minimum absolute atomic E-state index is 0. The van der Waals surface area contributed by atoms with Gasteiger partial charge in [-0.3, -0.25) is 0 Å². The van der Waals surface area contributed by atoms with Crippen LogP contribution in [0.4, 0.5) is 0 Å². The standard InChI is InChI=1S/C46H47N5O2.Pt/c1-26-17-18-47-38(19-26)50-36-16-13-30(44(4,5)6)23-35(36)34-15-14-32(24-37(34)50)52-33-21-29(20-31(22-33)45(7,8)9)40-41-42(27(2)25-48-40)51-43(49-41)39(28(3)53-51)46(10,11)12;/h13-20,22-23,25H,1-12H3;/q-2;+2. The molecule has 0 saturated heterocycles. The molecule has 7 nitrogen and oxygen atoms in total. The first-order valence-electron chi connectivity index (χ1n) is 18.4. The van der Waals surface area contributed by atoms with E-state index >= 15 is 0 Å². The van der Waals surface area contributed by atoms with E-state index in [4.69, 9.17) is 24.2 Å². The molecule has 0 fully saturated rings. The molecule has 8 aromatic rings. The Hall–Kier alpha value is -4.74. The van der Waals surface area contributed by atoms with Crippen LogP contribution in [0.15, 0.2) is 71.5 Å². The molecule has 0 radical (unpaired) electrons. The third kappa shape index (κ3) is 6.34. The molecule has 8 rings (SSSR count). The van der Waals surface area contributed by atoms with Crippen molar-refractivity contribution in [2.24, 2.45) is 0 Å². The van der Waals surface area contributed by atoms with Gasteiger partial charge in [-0.2, -0.15) is 10.6 Å². The molecule has 0 N–H and O–H groups in total. The summed E-state index contributed by atoms with van der Waals surface area (Å²) in [4.78, 5) is 14.9. The van der Waals surface area contributed by atoms with Gasteiger partial charge >= 0.3 is 21.1 Å². The first-order valence-corrected chi connectivity index (χ1v) is 18.4. The Labute approximate surface area is 332 Å². The number of aryl methyl sites for hydroxylation is 3. The van der Waals surface area contributed by atoms with E-state index in [0.717, 1.165) is 83.6 Å². The van der Waals surface area contributed by atoms with E-state index in [0.29, 0.717) is 11.5 Å². The summed E-state index contributed by atoms with van der Waals surface area (Å²) >= 11 is 0. The van der Waals surface area contributed by atoms with E-state index in [2.05, 4.69) is 128 Å². The predicted octanol–water partition coefficient (Wildman–Crippen LogP) is 11.8. The van der Waals surface area contributed by atoms with Crippen LogP contribution in [0, 0.1) is 32.9 Å². The Bertz CT molecular complexity index is 2750. The molecular formula is C46H47N5O2Pt. The second-order valence-corrected chi connectivity index (χ2v) is 17.6. The molecule has 0 spiro atoms. The number of hydrogen-bond donors (Lipinski definition) is 0. The van der Waals surface area contributed by atoms with Gasteiger partial charge in [-0.15, -0.1) is 34.7 Å². The quantitative estimate of drug-likeness (QED) is 0.165. The molecule has 0 saturated carbocycles. The van der Waals surface area contributed by atoms with Crippen molar-refractivity contribution in [1.82, 2.24) is 24.1 Å². The van der Waals surface area contributed by atoms with Gasteiger partial charge in [0.1, 0.15) is 17.1 Å². The summed E-state index contributed by atoms with van der Waals surface area (Å²) in [6.07, 6.45) is 3.75. The van der Waals surface area contributed by atoms with Gasteiger partial charge in [-0.1, -0.05) is 92.1 Å². The zero-order valence-electron chi connectivity index (χ0n) is 33.2. The molecule has 3 aromatic carbocycles. The summed E-state index contributed by atoms with van der Waals surface area (Å²) in [5, 5.41) is 2.25. The van der Waals surface area contributed by atoms with Crippen molar-refractivity contribution in [3.8, 4) is 28.6 Å². The van der Waals surface area contributed by atoms with Crippen molar-refractivity contribution in [1.29, 1.82) is 0 Å². The number of ether oxygens (including phenoxy) is 1. The molecule has 0 amide bonds. The minimum atomic E-state index is -0.175. The number of fused-ring (bicyclic) bond motifs is 6. The van der Waals surface area contributed by atoms with Crippen LogP contribution in [0.2, 0.25) is 0 Å². The Balaban J connectivity index is 0.00000450. The van der Waals surface area contributed by atoms with Gasteiger partial charge in [0.2, 0.25) is 0 Å².